The molecule has 0 aromatic heterocycles. The number of ether oxygens (including phenoxy) is 1. The summed E-state index contributed by atoms with van der Waals surface area (Å²) in [5.74, 6) is 0.933. The lowest BCUT2D eigenvalue weighted by molar-refractivity contribution is -0.117. The number of aryl methyl sites for hydroxylation is 1. The van der Waals surface area contributed by atoms with E-state index in [1.807, 2.05) is 13.8 Å². The zero-order valence-corrected chi connectivity index (χ0v) is 21.2. The lowest BCUT2D eigenvalue weighted by Crippen LogP contribution is -2.13. The number of carbonyl (C=O) groups is 1. The van der Waals surface area contributed by atoms with Gasteiger partial charge in [-0.1, -0.05) is 86.6 Å². The normalized spacial score (nSPS) is 13.7. The van der Waals surface area contributed by atoms with E-state index < -0.39 is 0 Å². The van der Waals surface area contributed by atoms with Gasteiger partial charge in [-0.15, -0.1) is 0 Å². The number of hydrogen-bond donors (Lipinski definition) is 0. The molecule has 1 saturated heterocycles. The molecule has 1 aliphatic heterocycles. The first-order valence-electron chi connectivity index (χ1n) is 13.0. The van der Waals surface area contributed by atoms with Crippen molar-refractivity contribution >= 4 is 5.78 Å². The van der Waals surface area contributed by atoms with Crippen molar-refractivity contribution in [1.82, 2.24) is 0 Å². The smallest absolute Gasteiger partial charge is 0.129 e. The molecule has 3 aromatic carbocycles. The van der Waals surface area contributed by atoms with Crippen molar-refractivity contribution in [2.45, 2.75) is 71.6 Å². The maximum Gasteiger partial charge on any atom is 0.129 e. The zero-order chi connectivity index (χ0) is 24.2. The van der Waals surface area contributed by atoms with Gasteiger partial charge in [0.2, 0.25) is 0 Å². The van der Waals surface area contributed by atoms with Gasteiger partial charge >= 0.3 is 0 Å². The van der Waals surface area contributed by atoms with E-state index in [4.69, 9.17) is 4.74 Å². The molecule has 4 rings (SSSR count). The summed E-state index contributed by atoms with van der Waals surface area (Å²) in [6.07, 6.45) is 7.02. The molecule has 0 aliphatic carbocycles. The van der Waals surface area contributed by atoms with E-state index in [1.54, 1.807) is 6.92 Å². The second-order valence-corrected chi connectivity index (χ2v) is 9.11. The van der Waals surface area contributed by atoms with Gasteiger partial charge in [-0.2, -0.15) is 0 Å². The largest absolute Gasteiger partial charge is 0.381 e. The maximum atomic E-state index is 11.1. The Morgan fingerprint density at radius 3 is 2.06 bits per heavy atom. The first kappa shape index (κ1) is 25.9. The first-order valence-corrected chi connectivity index (χ1v) is 13.0. The van der Waals surface area contributed by atoms with Crippen LogP contribution < -0.4 is 0 Å². The Bertz CT molecular complexity index is 996. The van der Waals surface area contributed by atoms with Crippen molar-refractivity contribution in [3.05, 3.63) is 95.1 Å². The molecule has 0 radical (unpaired) electrons. The summed E-state index contributed by atoms with van der Waals surface area (Å²) in [7, 11) is 0. The minimum Gasteiger partial charge on any atom is -0.381 e. The van der Waals surface area contributed by atoms with Crippen LogP contribution in [0.5, 0.6) is 0 Å². The number of hydrogen-bond acceptors (Lipinski definition) is 2. The summed E-state index contributed by atoms with van der Waals surface area (Å²) in [6, 6.07) is 27.0. The van der Waals surface area contributed by atoms with E-state index in [9.17, 15) is 4.79 Å². The lowest BCUT2D eigenvalue weighted by atomic mass is 9.90. The third kappa shape index (κ3) is 7.95. The highest BCUT2D eigenvalue weighted by atomic mass is 16.5. The highest BCUT2D eigenvalue weighted by molar-refractivity contribution is 5.75. The van der Waals surface area contributed by atoms with Gasteiger partial charge in [0.1, 0.15) is 5.78 Å². The zero-order valence-electron chi connectivity index (χ0n) is 21.2. The number of Topliss-reactive ketones (excluding diaryl/α,β-unsaturated/α-hetero) is 1. The second kappa shape index (κ2) is 13.9. The number of unbranched alkanes of at least 4 members (excludes halogenated alkanes) is 1. The quantitative estimate of drug-likeness (QED) is 0.304. The Kier molecular flexibility index (Phi) is 10.6. The summed E-state index contributed by atoms with van der Waals surface area (Å²) < 4.78 is 5.49. The van der Waals surface area contributed by atoms with Crippen molar-refractivity contribution in [1.29, 1.82) is 0 Å². The van der Waals surface area contributed by atoms with E-state index in [-0.39, 0.29) is 5.78 Å². The van der Waals surface area contributed by atoms with E-state index in [1.165, 1.54) is 33.4 Å². The first-order chi connectivity index (χ1) is 16.7. The van der Waals surface area contributed by atoms with Gasteiger partial charge in [0.05, 0.1) is 0 Å². The van der Waals surface area contributed by atoms with Crippen molar-refractivity contribution in [2.24, 2.45) is 0 Å². The summed E-state index contributed by atoms with van der Waals surface area (Å²) >= 11 is 0. The molecular weight excluding hydrogens is 416 g/mol. The van der Waals surface area contributed by atoms with Crippen LogP contribution in [0.4, 0.5) is 0 Å². The van der Waals surface area contributed by atoms with Crippen molar-refractivity contribution in [2.75, 3.05) is 13.2 Å². The Hall–Kier alpha value is -2.71. The highest BCUT2D eigenvalue weighted by Crippen LogP contribution is 2.29. The highest BCUT2D eigenvalue weighted by Gasteiger charge is 2.15. The molecule has 1 fully saturated rings. The van der Waals surface area contributed by atoms with Crippen LogP contribution in [0.1, 0.15) is 81.0 Å². The molecule has 0 N–H and O–H groups in total. The van der Waals surface area contributed by atoms with Gasteiger partial charge in [-0.05, 0) is 84.7 Å². The van der Waals surface area contributed by atoms with E-state index in [0.29, 0.717) is 12.3 Å². The van der Waals surface area contributed by atoms with Crippen LogP contribution in [0.15, 0.2) is 72.8 Å². The van der Waals surface area contributed by atoms with Gasteiger partial charge in [0.25, 0.3) is 0 Å². The van der Waals surface area contributed by atoms with Crippen LogP contribution in [-0.4, -0.2) is 19.0 Å². The molecule has 0 amide bonds. The van der Waals surface area contributed by atoms with Crippen LogP contribution in [0.2, 0.25) is 0 Å². The number of rotatable bonds is 9. The maximum absolute atomic E-state index is 11.1. The fraction of sp³-hybridized carbons (Fsp3) is 0.406. The number of carbonyl (C=O) groups excluding carboxylic acids is 1. The molecule has 0 bridgehead atoms. The average Bonchev–Trinajstić information content (AvgIpc) is 2.89. The number of ketones is 1. The van der Waals surface area contributed by atoms with Gasteiger partial charge in [-0.25, -0.2) is 0 Å². The molecule has 2 heteroatoms. The average molecular weight is 457 g/mol. The van der Waals surface area contributed by atoms with Crippen LogP contribution in [0, 0.1) is 0 Å². The van der Waals surface area contributed by atoms with E-state index in [0.717, 1.165) is 51.7 Å². The minimum atomic E-state index is 0.289. The monoisotopic (exact) mass is 456 g/mol. The summed E-state index contributed by atoms with van der Waals surface area (Å²) in [4.78, 5) is 11.1. The third-order valence-electron chi connectivity index (χ3n) is 6.53. The predicted octanol–water partition coefficient (Wildman–Crippen LogP) is 8.17. The second-order valence-electron chi connectivity index (χ2n) is 9.11. The van der Waals surface area contributed by atoms with Crippen LogP contribution >= 0.6 is 0 Å². The van der Waals surface area contributed by atoms with Crippen LogP contribution in [0.25, 0.3) is 11.1 Å². The summed E-state index contributed by atoms with van der Waals surface area (Å²) in [6.45, 7) is 7.45. The third-order valence-corrected chi connectivity index (χ3v) is 6.53. The molecule has 0 saturated carbocycles. The fourth-order valence-corrected chi connectivity index (χ4v) is 4.63. The molecule has 1 aliphatic rings. The van der Waals surface area contributed by atoms with Crippen molar-refractivity contribution in [3.63, 3.8) is 0 Å². The molecule has 34 heavy (non-hydrogen) atoms. The Morgan fingerprint density at radius 2 is 1.41 bits per heavy atom. The molecule has 180 valence electrons. The minimum absolute atomic E-state index is 0.289. The topological polar surface area (TPSA) is 26.3 Å². The standard InChI is InChI=1S/C30H34O2.C2H6/c1-23(31)5-2-3-6-24-7-4-8-26(21-24)22-25-9-11-27(12-10-25)28-13-15-29(16-14-28)30-17-19-32-20-18-30;1-2/h4,7-16,21,30H,2-3,5-6,17-20,22H2,1H3;1-2H3. The fourth-order valence-electron chi connectivity index (χ4n) is 4.63. The van der Waals surface area contributed by atoms with Gasteiger partial charge in [-0.3, -0.25) is 0 Å². The molecule has 0 atom stereocenters. The van der Waals surface area contributed by atoms with Gasteiger partial charge in [0, 0.05) is 19.6 Å². The number of benzene rings is 3. The van der Waals surface area contributed by atoms with Crippen LogP contribution in [0.3, 0.4) is 0 Å². The molecule has 0 spiro atoms. The Balaban J connectivity index is 0.00000158. The Labute approximate surface area is 206 Å². The van der Waals surface area contributed by atoms with E-state index >= 15 is 0 Å². The summed E-state index contributed by atoms with van der Waals surface area (Å²) in [5, 5.41) is 0. The van der Waals surface area contributed by atoms with Gasteiger partial charge in [0.15, 0.2) is 0 Å². The lowest BCUT2D eigenvalue weighted by Gasteiger charge is -2.22. The molecule has 0 unspecified atom stereocenters. The van der Waals surface area contributed by atoms with Gasteiger partial charge < -0.3 is 9.53 Å². The summed E-state index contributed by atoms with van der Waals surface area (Å²) in [5.41, 5.74) is 8.04. The molecular formula is C32H40O2. The molecule has 1 heterocycles. The van der Waals surface area contributed by atoms with E-state index in [2.05, 4.69) is 72.8 Å². The molecule has 2 nitrogen and oxygen atoms in total. The SMILES string of the molecule is CC.CC(=O)CCCCc1cccc(Cc2ccc(-c3ccc(C4CCOCC4)cc3)cc2)c1. The van der Waals surface area contributed by atoms with Crippen molar-refractivity contribution < 1.29 is 9.53 Å². The Morgan fingerprint density at radius 1 is 0.794 bits per heavy atom. The molecule has 3 aromatic rings. The van der Waals surface area contributed by atoms with Crippen LogP contribution in [-0.2, 0) is 22.4 Å². The van der Waals surface area contributed by atoms with Crippen molar-refractivity contribution in [3.8, 4) is 11.1 Å². The predicted molar refractivity (Wildman–Crippen MR) is 144 cm³/mol.